The third kappa shape index (κ3) is 2.29. The number of nitrogen functional groups attached to an aromatic ring is 1. The van der Waals surface area contributed by atoms with Crippen LogP contribution < -0.4 is 10.5 Å². The molecule has 7 heteroatoms. The summed E-state index contributed by atoms with van der Waals surface area (Å²) in [5, 5.41) is 4.26. The summed E-state index contributed by atoms with van der Waals surface area (Å²) in [6.45, 7) is 5.81. The lowest BCUT2D eigenvalue weighted by Gasteiger charge is -2.20. The average Bonchev–Trinajstić information content (AvgIpc) is 2.93. The van der Waals surface area contributed by atoms with Gasteiger partial charge in [0, 0.05) is 6.07 Å². The minimum absolute atomic E-state index is 0.359. The van der Waals surface area contributed by atoms with E-state index >= 15 is 0 Å². The first kappa shape index (κ1) is 12.5. The van der Waals surface area contributed by atoms with Gasteiger partial charge in [-0.1, -0.05) is 0 Å². The van der Waals surface area contributed by atoms with Crippen LogP contribution in [0.3, 0.4) is 0 Å². The molecule has 0 amide bonds. The average molecular weight is 273 g/mol. The van der Waals surface area contributed by atoms with Crippen LogP contribution in [0.25, 0.3) is 17.4 Å². The first-order valence-electron chi connectivity index (χ1n) is 6.18. The molecule has 7 nitrogen and oxygen atoms in total. The van der Waals surface area contributed by atoms with Crippen molar-refractivity contribution in [3.63, 3.8) is 0 Å². The molecule has 3 aromatic heterocycles. The van der Waals surface area contributed by atoms with E-state index in [4.69, 9.17) is 14.9 Å². The van der Waals surface area contributed by atoms with Crippen LogP contribution in [0.15, 0.2) is 28.9 Å². The second-order valence-corrected chi connectivity index (χ2v) is 5.36. The largest absolute Gasteiger partial charge is 0.472 e. The van der Waals surface area contributed by atoms with E-state index in [1.807, 2.05) is 20.8 Å². The molecule has 0 fully saturated rings. The van der Waals surface area contributed by atoms with Crippen molar-refractivity contribution in [3.05, 3.63) is 24.5 Å². The number of fused-ring (bicyclic) bond motifs is 1. The fraction of sp³-hybridized carbons (Fsp3) is 0.308. The smallest absolute Gasteiger partial charge is 0.258 e. The first-order chi connectivity index (χ1) is 9.42. The van der Waals surface area contributed by atoms with Gasteiger partial charge in [-0.05, 0) is 32.9 Å². The van der Waals surface area contributed by atoms with Gasteiger partial charge in [0.1, 0.15) is 11.4 Å². The summed E-state index contributed by atoms with van der Waals surface area (Å²) >= 11 is 0. The molecular formula is C13H15N5O2. The Kier molecular flexibility index (Phi) is 2.63. The maximum atomic E-state index is 5.95. The van der Waals surface area contributed by atoms with Crippen LogP contribution in [-0.4, -0.2) is 25.2 Å². The van der Waals surface area contributed by atoms with Crippen LogP contribution in [0.2, 0.25) is 0 Å². The van der Waals surface area contributed by atoms with Crippen molar-refractivity contribution in [2.24, 2.45) is 0 Å². The van der Waals surface area contributed by atoms with Crippen molar-refractivity contribution in [1.82, 2.24) is 19.6 Å². The van der Waals surface area contributed by atoms with Crippen molar-refractivity contribution in [1.29, 1.82) is 0 Å². The molecule has 0 saturated carbocycles. The van der Waals surface area contributed by atoms with E-state index < -0.39 is 0 Å². The van der Waals surface area contributed by atoms with Gasteiger partial charge >= 0.3 is 0 Å². The Morgan fingerprint density at radius 1 is 1.30 bits per heavy atom. The number of anilines is 1. The lowest BCUT2D eigenvalue weighted by atomic mass is 10.2. The predicted molar refractivity (Wildman–Crippen MR) is 73.3 cm³/mol. The predicted octanol–water partition coefficient (Wildman–Crippen LogP) is 2.14. The number of aromatic nitrogens is 4. The minimum Gasteiger partial charge on any atom is -0.472 e. The van der Waals surface area contributed by atoms with E-state index in [0.717, 1.165) is 0 Å². The van der Waals surface area contributed by atoms with Gasteiger partial charge in [-0.15, -0.1) is 5.10 Å². The molecule has 3 heterocycles. The summed E-state index contributed by atoms with van der Waals surface area (Å²) in [4.78, 5) is 8.59. The van der Waals surface area contributed by atoms with Gasteiger partial charge in [0.2, 0.25) is 11.7 Å². The fourth-order valence-corrected chi connectivity index (χ4v) is 1.74. The third-order valence-corrected chi connectivity index (χ3v) is 2.47. The van der Waals surface area contributed by atoms with Gasteiger partial charge in [0.15, 0.2) is 5.76 Å². The summed E-state index contributed by atoms with van der Waals surface area (Å²) < 4.78 is 12.4. The standard InChI is InChI=1S/C13H15N5O2/c1-13(2,3)20-10-7-9(14)18-12(15-10)16-11(17-18)8-5-4-6-19-8/h4-7H,14H2,1-3H3. The fourth-order valence-electron chi connectivity index (χ4n) is 1.74. The molecule has 0 saturated heterocycles. The highest BCUT2D eigenvalue weighted by Crippen LogP contribution is 2.22. The zero-order valence-electron chi connectivity index (χ0n) is 11.5. The first-order valence-corrected chi connectivity index (χ1v) is 6.18. The number of nitrogens with two attached hydrogens (primary N) is 1. The van der Waals surface area contributed by atoms with Crippen molar-refractivity contribution in [2.75, 3.05) is 5.73 Å². The zero-order valence-corrected chi connectivity index (χ0v) is 11.5. The van der Waals surface area contributed by atoms with E-state index in [2.05, 4.69) is 15.1 Å². The number of hydrogen-bond acceptors (Lipinski definition) is 6. The molecule has 0 aliphatic carbocycles. The minimum atomic E-state index is -0.359. The number of ether oxygens (including phenoxy) is 1. The van der Waals surface area contributed by atoms with Crippen molar-refractivity contribution >= 4 is 11.6 Å². The molecule has 0 bridgehead atoms. The van der Waals surface area contributed by atoms with Gasteiger partial charge in [-0.25, -0.2) is 0 Å². The molecule has 0 aromatic carbocycles. The molecule has 3 aromatic rings. The SMILES string of the molecule is CC(C)(C)Oc1cc(N)n2nc(-c3ccco3)nc2n1. The molecule has 3 rings (SSSR count). The Balaban J connectivity index is 2.08. The Bertz CT molecular complexity index is 740. The normalized spacial score (nSPS) is 11.9. The number of nitrogens with zero attached hydrogens (tertiary/aromatic N) is 4. The molecule has 2 N–H and O–H groups in total. The van der Waals surface area contributed by atoms with Crippen LogP contribution in [0.4, 0.5) is 5.82 Å². The van der Waals surface area contributed by atoms with E-state index in [9.17, 15) is 0 Å². The van der Waals surface area contributed by atoms with Crippen LogP contribution in [0.1, 0.15) is 20.8 Å². The van der Waals surface area contributed by atoms with Crippen LogP contribution in [-0.2, 0) is 0 Å². The number of furan rings is 1. The highest BCUT2D eigenvalue weighted by molar-refractivity contribution is 5.53. The molecular weight excluding hydrogens is 258 g/mol. The topological polar surface area (TPSA) is 91.5 Å². The summed E-state index contributed by atoms with van der Waals surface area (Å²) in [6, 6.07) is 5.17. The Morgan fingerprint density at radius 2 is 2.10 bits per heavy atom. The highest BCUT2D eigenvalue weighted by Gasteiger charge is 2.17. The van der Waals surface area contributed by atoms with Crippen LogP contribution in [0.5, 0.6) is 5.88 Å². The number of hydrogen-bond donors (Lipinski definition) is 1. The summed E-state index contributed by atoms with van der Waals surface area (Å²) in [6.07, 6.45) is 1.56. The molecule has 0 spiro atoms. The van der Waals surface area contributed by atoms with E-state index in [-0.39, 0.29) is 5.60 Å². The van der Waals surface area contributed by atoms with E-state index in [1.165, 1.54) is 4.52 Å². The molecule has 0 aliphatic heterocycles. The van der Waals surface area contributed by atoms with Crippen molar-refractivity contribution in [3.8, 4) is 17.5 Å². The van der Waals surface area contributed by atoms with Gasteiger partial charge < -0.3 is 14.9 Å². The van der Waals surface area contributed by atoms with E-state index in [1.54, 1.807) is 24.5 Å². The third-order valence-electron chi connectivity index (χ3n) is 2.47. The molecule has 0 atom stereocenters. The van der Waals surface area contributed by atoms with Gasteiger partial charge in [0.25, 0.3) is 5.78 Å². The summed E-state index contributed by atoms with van der Waals surface area (Å²) in [5.41, 5.74) is 5.59. The molecule has 0 radical (unpaired) electrons. The lowest BCUT2D eigenvalue weighted by Crippen LogP contribution is -2.23. The Labute approximate surface area is 115 Å². The maximum Gasteiger partial charge on any atom is 0.258 e. The number of rotatable bonds is 2. The van der Waals surface area contributed by atoms with Crippen LogP contribution >= 0.6 is 0 Å². The maximum absolute atomic E-state index is 5.95. The molecule has 0 aliphatic rings. The zero-order chi connectivity index (χ0) is 14.3. The molecule has 20 heavy (non-hydrogen) atoms. The van der Waals surface area contributed by atoms with E-state index in [0.29, 0.717) is 29.1 Å². The molecule has 104 valence electrons. The molecule has 0 unspecified atom stereocenters. The summed E-state index contributed by atoms with van der Waals surface area (Å²) in [5.74, 6) is 2.19. The van der Waals surface area contributed by atoms with Gasteiger partial charge in [-0.2, -0.15) is 14.5 Å². The Morgan fingerprint density at radius 3 is 2.75 bits per heavy atom. The highest BCUT2D eigenvalue weighted by atomic mass is 16.5. The summed E-state index contributed by atoms with van der Waals surface area (Å²) in [7, 11) is 0. The van der Waals surface area contributed by atoms with Gasteiger partial charge in [-0.3, -0.25) is 0 Å². The second-order valence-electron chi connectivity index (χ2n) is 5.36. The van der Waals surface area contributed by atoms with Crippen molar-refractivity contribution in [2.45, 2.75) is 26.4 Å². The quantitative estimate of drug-likeness (QED) is 0.769. The lowest BCUT2D eigenvalue weighted by molar-refractivity contribution is 0.124. The van der Waals surface area contributed by atoms with Crippen LogP contribution in [0, 0.1) is 0 Å². The Hall–Kier alpha value is -2.57. The van der Waals surface area contributed by atoms with Gasteiger partial charge in [0.05, 0.1) is 6.26 Å². The second kappa shape index (κ2) is 4.22. The van der Waals surface area contributed by atoms with Crippen molar-refractivity contribution < 1.29 is 9.15 Å². The monoisotopic (exact) mass is 273 g/mol.